The van der Waals surface area contributed by atoms with Gasteiger partial charge >= 0.3 is 0 Å². The standard InChI is InChI=1S/C9H13N3O3/c10-9(12-14)7-2-3-11-6-8(7)15-5-1-4-13/h2-3,6,13-14H,1,4-5H2,(H2,10,12). The van der Waals surface area contributed by atoms with Gasteiger partial charge in [0.1, 0.15) is 5.75 Å². The molecule has 1 aromatic heterocycles. The van der Waals surface area contributed by atoms with E-state index in [0.717, 1.165) is 0 Å². The van der Waals surface area contributed by atoms with E-state index in [2.05, 4.69) is 10.1 Å². The maximum absolute atomic E-state index is 8.58. The number of aliphatic hydroxyl groups is 1. The van der Waals surface area contributed by atoms with E-state index in [1.807, 2.05) is 0 Å². The highest BCUT2D eigenvalue weighted by Gasteiger charge is 2.07. The van der Waals surface area contributed by atoms with Gasteiger partial charge in [0, 0.05) is 19.2 Å². The molecule has 0 radical (unpaired) electrons. The molecular formula is C9H13N3O3. The number of oxime groups is 1. The van der Waals surface area contributed by atoms with Crippen molar-refractivity contribution in [1.82, 2.24) is 4.98 Å². The average molecular weight is 211 g/mol. The molecule has 15 heavy (non-hydrogen) atoms. The minimum Gasteiger partial charge on any atom is -0.491 e. The van der Waals surface area contributed by atoms with Crippen LogP contribution in [0.2, 0.25) is 0 Å². The molecule has 0 aliphatic carbocycles. The van der Waals surface area contributed by atoms with Gasteiger partial charge in [-0.3, -0.25) is 4.98 Å². The highest BCUT2D eigenvalue weighted by atomic mass is 16.5. The summed E-state index contributed by atoms with van der Waals surface area (Å²) < 4.78 is 5.31. The normalized spacial score (nSPS) is 11.4. The lowest BCUT2D eigenvalue weighted by Crippen LogP contribution is -2.15. The number of ether oxygens (including phenoxy) is 1. The summed E-state index contributed by atoms with van der Waals surface area (Å²) in [5, 5.41) is 20.0. The maximum atomic E-state index is 8.58. The van der Waals surface area contributed by atoms with E-state index in [9.17, 15) is 0 Å². The number of amidine groups is 1. The van der Waals surface area contributed by atoms with E-state index in [0.29, 0.717) is 24.3 Å². The quantitative estimate of drug-likeness (QED) is 0.208. The highest BCUT2D eigenvalue weighted by Crippen LogP contribution is 2.15. The second-order valence-corrected chi connectivity index (χ2v) is 2.78. The largest absolute Gasteiger partial charge is 0.491 e. The van der Waals surface area contributed by atoms with E-state index in [1.54, 1.807) is 6.07 Å². The molecule has 0 amide bonds. The molecular weight excluding hydrogens is 198 g/mol. The predicted molar refractivity (Wildman–Crippen MR) is 53.9 cm³/mol. The van der Waals surface area contributed by atoms with Crippen molar-refractivity contribution in [2.24, 2.45) is 10.9 Å². The van der Waals surface area contributed by atoms with E-state index < -0.39 is 0 Å². The first-order valence-electron chi connectivity index (χ1n) is 4.45. The summed E-state index contributed by atoms with van der Waals surface area (Å²) in [6.45, 7) is 0.410. The Morgan fingerprint density at radius 1 is 1.60 bits per heavy atom. The van der Waals surface area contributed by atoms with Gasteiger partial charge < -0.3 is 20.8 Å². The summed E-state index contributed by atoms with van der Waals surface area (Å²) in [7, 11) is 0. The van der Waals surface area contributed by atoms with Crippen molar-refractivity contribution in [3.63, 3.8) is 0 Å². The van der Waals surface area contributed by atoms with Crippen LogP contribution in [-0.4, -0.2) is 34.3 Å². The Labute approximate surface area is 87.0 Å². The summed E-state index contributed by atoms with van der Waals surface area (Å²) in [5.41, 5.74) is 5.92. The first-order valence-corrected chi connectivity index (χ1v) is 4.45. The van der Waals surface area contributed by atoms with Gasteiger partial charge in [0.2, 0.25) is 0 Å². The molecule has 82 valence electrons. The van der Waals surface area contributed by atoms with Crippen molar-refractivity contribution in [2.45, 2.75) is 6.42 Å². The van der Waals surface area contributed by atoms with Crippen LogP contribution < -0.4 is 10.5 Å². The number of pyridine rings is 1. The third-order valence-electron chi connectivity index (χ3n) is 1.73. The van der Waals surface area contributed by atoms with Crippen LogP contribution >= 0.6 is 0 Å². The molecule has 6 nitrogen and oxygen atoms in total. The molecule has 1 heterocycles. The maximum Gasteiger partial charge on any atom is 0.173 e. The molecule has 0 aliphatic rings. The van der Waals surface area contributed by atoms with Crippen LogP contribution in [0.25, 0.3) is 0 Å². The lowest BCUT2D eigenvalue weighted by Gasteiger charge is -2.08. The fourth-order valence-electron chi connectivity index (χ4n) is 1.01. The number of nitrogens with zero attached hydrogens (tertiary/aromatic N) is 2. The molecule has 0 bridgehead atoms. The Morgan fingerprint density at radius 2 is 2.40 bits per heavy atom. The van der Waals surface area contributed by atoms with Crippen molar-refractivity contribution in [1.29, 1.82) is 0 Å². The summed E-state index contributed by atoms with van der Waals surface area (Å²) in [5.74, 6) is 0.401. The zero-order valence-corrected chi connectivity index (χ0v) is 8.13. The van der Waals surface area contributed by atoms with Gasteiger partial charge in [-0.05, 0) is 6.07 Å². The van der Waals surface area contributed by atoms with E-state index in [1.165, 1.54) is 12.4 Å². The van der Waals surface area contributed by atoms with Gasteiger partial charge in [-0.1, -0.05) is 5.16 Å². The van der Waals surface area contributed by atoms with Crippen LogP contribution in [0.1, 0.15) is 12.0 Å². The number of aromatic nitrogens is 1. The van der Waals surface area contributed by atoms with Crippen molar-refractivity contribution in [3.8, 4) is 5.75 Å². The Hall–Kier alpha value is -1.82. The zero-order chi connectivity index (χ0) is 11.1. The smallest absolute Gasteiger partial charge is 0.173 e. The second kappa shape index (κ2) is 5.82. The fraction of sp³-hybridized carbons (Fsp3) is 0.333. The molecule has 0 fully saturated rings. The third-order valence-corrected chi connectivity index (χ3v) is 1.73. The number of hydrogen-bond donors (Lipinski definition) is 3. The average Bonchev–Trinajstić information content (AvgIpc) is 2.29. The topological polar surface area (TPSA) is 101 Å². The Morgan fingerprint density at radius 3 is 3.07 bits per heavy atom. The molecule has 0 aliphatic heterocycles. The monoisotopic (exact) mass is 211 g/mol. The summed E-state index contributed by atoms with van der Waals surface area (Å²) in [6.07, 6.45) is 3.52. The SMILES string of the molecule is N/C(=N/O)c1ccncc1OCCCO. The number of aliphatic hydroxyl groups excluding tert-OH is 1. The molecule has 4 N–H and O–H groups in total. The van der Waals surface area contributed by atoms with Gasteiger partial charge in [0.25, 0.3) is 0 Å². The Balaban J connectivity index is 2.77. The first-order chi connectivity index (χ1) is 7.29. The first kappa shape index (κ1) is 11.3. The van der Waals surface area contributed by atoms with Crippen molar-refractivity contribution < 1.29 is 15.1 Å². The lowest BCUT2D eigenvalue weighted by atomic mass is 10.2. The van der Waals surface area contributed by atoms with Crippen LogP contribution in [0, 0.1) is 0 Å². The van der Waals surface area contributed by atoms with Crippen molar-refractivity contribution >= 4 is 5.84 Å². The van der Waals surface area contributed by atoms with Crippen LogP contribution in [0.5, 0.6) is 5.75 Å². The van der Waals surface area contributed by atoms with Gasteiger partial charge in [-0.25, -0.2) is 0 Å². The summed E-state index contributed by atoms with van der Waals surface area (Å²) >= 11 is 0. The predicted octanol–water partition coefficient (Wildman–Crippen LogP) is -0.0627. The van der Waals surface area contributed by atoms with Crippen LogP contribution in [0.4, 0.5) is 0 Å². The van der Waals surface area contributed by atoms with Crippen molar-refractivity contribution in [3.05, 3.63) is 24.0 Å². The number of hydrogen-bond acceptors (Lipinski definition) is 5. The molecule has 0 aromatic carbocycles. The Bertz CT molecular complexity index is 341. The zero-order valence-electron chi connectivity index (χ0n) is 8.13. The van der Waals surface area contributed by atoms with E-state index in [-0.39, 0.29) is 12.4 Å². The lowest BCUT2D eigenvalue weighted by molar-refractivity contribution is 0.233. The third kappa shape index (κ3) is 3.10. The van der Waals surface area contributed by atoms with Crippen LogP contribution in [-0.2, 0) is 0 Å². The molecule has 0 unspecified atom stereocenters. The van der Waals surface area contributed by atoms with Crippen molar-refractivity contribution in [2.75, 3.05) is 13.2 Å². The van der Waals surface area contributed by atoms with Gasteiger partial charge in [0.05, 0.1) is 18.4 Å². The molecule has 0 saturated heterocycles. The van der Waals surface area contributed by atoms with E-state index >= 15 is 0 Å². The highest BCUT2D eigenvalue weighted by molar-refractivity contribution is 5.99. The molecule has 0 saturated carbocycles. The van der Waals surface area contributed by atoms with Crippen LogP contribution in [0.3, 0.4) is 0 Å². The molecule has 1 rings (SSSR count). The summed E-state index contributed by atoms with van der Waals surface area (Å²) in [6, 6.07) is 1.59. The van der Waals surface area contributed by atoms with Gasteiger partial charge in [-0.15, -0.1) is 0 Å². The number of rotatable bonds is 5. The minimum absolute atomic E-state index is 0.0311. The fourth-order valence-corrected chi connectivity index (χ4v) is 1.01. The Kier molecular flexibility index (Phi) is 4.36. The molecule has 1 aromatic rings. The van der Waals surface area contributed by atoms with E-state index in [4.69, 9.17) is 20.8 Å². The molecule has 0 atom stereocenters. The van der Waals surface area contributed by atoms with Gasteiger partial charge in [0.15, 0.2) is 5.84 Å². The minimum atomic E-state index is -0.0311. The second-order valence-electron chi connectivity index (χ2n) is 2.78. The molecule has 6 heteroatoms. The number of nitrogens with two attached hydrogens (primary N) is 1. The van der Waals surface area contributed by atoms with Gasteiger partial charge in [-0.2, -0.15) is 0 Å². The molecule has 0 spiro atoms. The summed E-state index contributed by atoms with van der Waals surface area (Å²) in [4.78, 5) is 3.86. The van der Waals surface area contributed by atoms with Crippen LogP contribution in [0.15, 0.2) is 23.6 Å².